The van der Waals surface area contributed by atoms with Crippen LogP contribution in [0.3, 0.4) is 0 Å². The average Bonchev–Trinajstić information content (AvgIpc) is 2.47. The molecule has 0 N–H and O–H groups in total. The van der Waals surface area contributed by atoms with Crippen LogP contribution in [-0.2, 0) is 9.84 Å². The van der Waals surface area contributed by atoms with Crippen LogP contribution in [0.2, 0.25) is 0 Å². The lowest BCUT2D eigenvalue weighted by atomic mass is 10.0. The lowest BCUT2D eigenvalue weighted by Crippen LogP contribution is -2.41. The quantitative estimate of drug-likeness (QED) is 0.630. The predicted molar refractivity (Wildman–Crippen MR) is 61.6 cm³/mol. The van der Waals surface area contributed by atoms with E-state index in [-0.39, 0.29) is 10.8 Å². The van der Waals surface area contributed by atoms with Crippen molar-refractivity contribution in [2.45, 2.75) is 44.4 Å². The second-order valence-corrected chi connectivity index (χ2v) is 8.22. The van der Waals surface area contributed by atoms with Crippen molar-refractivity contribution in [3.05, 3.63) is 0 Å². The highest BCUT2D eigenvalue weighted by Crippen LogP contribution is 2.35. The Labute approximate surface area is 92.8 Å². The van der Waals surface area contributed by atoms with Gasteiger partial charge in [-0.25, -0.2) is 8.42 Å². The lowest BCUT2D eigenvalue weighted by molar-refractivity contribution is 0.167. The van der Waals surface area contributed by atoms with E-state index in [1.165, 1.54) is 0 Å². The molecule has 88 valence electrons. The summed E-state index contributed by atoms with van der Waals surface area (Å²) < 4.78 is 23.8. The molecule has 0 bridgehead atoms. The molecular weight excluding hydrogens is 210 g/mol. The van der Waals surface area contributed by atoms with Gasteiger partial charge in [0.15, 0.2) is 9.84 Å². The monoisotopic (exact) mass is 231 g/mol. The standard InChI is InChI=1S/C11H21NO2S/c1-11(2,3)12-7-9-5-4-6-15(13,14)10(9)8-12/h9-10H,4-8H2,1-3H3. The second-order valence-electron chi connectivity index (χ2n) is 5.88. The Morgan fingerprint density at radius 2 is 1.87 bits per heavy atom. The highest BCUT2D eigenvalue weighted by Gasteiger charge is 2.45. The van der Waals surface area contributed by atoms with E-state index in [0.29, 0.717) is 11.7 Å². The van der Waals surface area contributed by atoms with Crippen molar-refractivity contribution in [3.8, 4) is 0 Å². The first kappa shape index (κ1) is 11.4. The maximum absolute atomic E-state index is 11.9. The van der Waals surface area contributed by atoms with E-state index in [9.17, 15) is 8.42 Å². The fraction of sp³-hybridized carbons (Fsp3) is 1.00. The van der Waals surface area contributed by atoms with Gasteiger partial charge in [-0.2, -0.15) is 0 Å². The summed E-state index contributed by atoms with van der Waals surface area (Å²) in [5, 5.41) is -0.0783. The van der Waals surface area contributed by atoms with Crippen LogP contribution in [0.4, 0.5) is 0 Å². The molecule has 2 saturated heterocycles. The number of nitrogens with zero attached hydrogens (tertiary/aromatic N) is 1. The fourth-order valence-electron chi connectivity index (χ4n) is 2.77. The zero-order chi connectivity index (χ0) is 11.3. The number of hydrogen-bond acceptors (Lipinski definition) is 3. The molecule has 0 aromatic rings. The second kappa shape index (κ2) is 3.45. The molecule has 2 heterocycles. The van der Waals surface area contributed by atoms with Gasteiger partial charge in [0.05, 0.1) is 11.0 Å². The van der Waals surface area contributed by atoms with Crippen LogP contribution in [0.25, 0.3) is 0 Å². The van der Waals surface area contributed by atoms with Gasteiger partial charge >= 0.3 is 0 Å². The number of fused-ring (bicyclic) bond motifs is 1. The molecule has 0 aromatic carbocycles. The first-order chi connectivity index (χ1) is 6.81. The lowest BCUT2D eigenvalue weighted by Gasteiger charge is -2.31. The molecule has 0 aliphatic carbocycles. The Morgan fingerprint density at radius 3 is 2.40 bits per heavy atom. The minimum atomic E-state index is -2.80. The third-order valence-electron chi connectivity index (χ3n) is 3.79. The predicted octanol–water partition coefficient (Wildman–Crippen LogP) is 1.29. The highest BCUT2D eigenvalue weighted by atomic mass is 32.2. The summed E-state index contributed by atoms with van der Waals surface area (Å²) in [7, 11) is -2.80. The van der Waals surface area contributed by atoms with Gasteiger partial charge in [0, 0.05) is 18.6 Å². The molecule has 2 atom stereocenters. The number of hydrogen-bond donors (Lipinski definition) is 0. The molecule has 4 heteroatoms. The molecule has 2 fully saturated rings. The maximum atomic E-state index is 11.9. The van der Waals surface area contributed by atoms with E-state index in [1.807, 2.05) is 0 Å². The zero-order valence-electron chi connectivity index (χ0n) is 9.86. The van der Waals surface area contributed by atoms with Gasteiger partial charge < -0.3 is 0 Å². The minimum absolute atomic E-state index is 0.0783. The van der Waals surface area contributed by atoms with Crippen LogP contribution in [0, 0.1) is 5.92 Å². The van der Waals surface area contributed by atoms with E-state index < -0.39 is 9.84 Å². The molecule has 0 spiro atoms. The summed E-state index contributed by atoms with van der Waals surface area (Å²) in [6, 6.07) is 0. The SMILES string of the molecule is CC(C)(C)N1CC2CCCS(=O)(=O)C2C1. The highest BCUT2D eigenvalue weighted by molar-refractivity contribution is 7.92. The third kappa shape index (κ3) is 2.07. The first-order valence-electron chi connectivity index (χ1n) is 5.77. The molecule has 0 amide bonds. The first-order valence-corrected chi connectivity index (χ1v) is 7.49. The summed E-state index contributed by atoms with van der Waals surface area (Å²) in [5.74, 6) is 0.801. The van der Waals surface area contributed by atoms with Crippen molar-refractivity contribution in [1.29, 1.82) is 0 Å². The van der Waals surface area contributed by atoms with Crippen LogP contribution in [-0.4, -0.2) is 42.9 Å². The molecule has 0 radical (unpaired) electrons. The van der Waals surface area contributed by atoms with Crippen LogP contribution in [0.5, 0.6) is 0 Å². The number of rotatable bonds is 0. The van der Waals surface area contributed by atoms with Crippen molar-refractivity contribution >= 4 is 9.84 Å². The summed E-state index contributed by atoms with van der Waals surface area (Å²) >= 11 is 0. The van der Waals surface area contributed by atoms with E-state index in [2.05, 4.69) is 25.7 Å². The maximum Gasteiger partial charge on any atom is 0.154 e. The Kier molecular flexibility index (Phi) is 2.62. The molecule has 15 heavy (non-hydrogen) atoms. The molecular formula is C11H21NO2S. The van der Waals surface area contributed by atoms with Crippen LogP contribution >= 0.6 is 0 Å². The van der Waals surface area contributed by atoms with Gasteiger partial charge in [0.1, 0.15) is 0 Å². The summed E-state index contributed by atoms with van der Waals surface area (Å²) in [6.45, 7) is 8.20. The zero-order valence-corrected chi connectivity index (χ0v) is 10.7. The summed E-state index contributed by atoms with van der Waals surface area (Å²) in [6.07, 6.45) is 1.96. The van der Waals surface area contributed by atoms with Crippen LogP contribution in [0.15, 0.2) is 0 Å². The van der Waals surface area contributed by atoms with Gasteiger partial charge in [-0.3, -0.25) is 4.90 Å². The minimum Gasteiger partial charge on any atom is -0.297 e. The summed E-state index contributed by atoms with van der Waals surface area (Å²) in [4.78, 5) is 2.32. The number of likely N-dealkylation sites (tertiary alicyclic amines) is 1. The van der Waals surface area contributed by atoms with E-state index in [1.54, 1.807) is 0 Å². The van der Waals surface area contributed by atoms with Crippen molar-refractivity contribution in [1.82, 2.24) is 4.90 Å². The van der Waals surface area contributed by atoms with Gasteiger partial charge in [-0.15, -0.1) is 0 Å². The molecule has 0 saturated carbocycles. The molecule has 2 aliphatic heterocycles. The van der Waals surface area contributed by atoms with E-state index in [4.69, 9.17) is 0 Å². The Bertz CT molecular complexity index is 342. The third-order valence-corrected chi connectivity index (χ3v) is 6.11. The average molecular weight is 231 g/mol. The Morgan fingerprint density at radius 1 is 1.20 bits per heavy atom. The molecule has 3 nitrogen and oxygen atoms in total. The van der Waals surface area contributed by atoms with Crippen molar-refractivity contribution in [3.63, 3.8) is 0 Å². The molecule has 2 rings (SSSR count). The van der Waals surface area contributed by atoms with Gasteiger partial charge in [-0.05, 0) is 39.5 Å². The van der Waals surface area contributed by atoms with Crippen LogP contribution in [0.1, 0.15) is 33.6 Å². The topological polar surface area (TPSA) is 37.4 Å². The molecule has 2 aliphatic rings. The van der Waals surface area contributed by atoms with Gasteiger partial charge in [0.25, 0.3) is 0 Å². The van der Waals surface area contributed by atoms with Crippen LogP contribution < -0.4 is 0 Å². The summed E-state index contributed by atoms with van der Waals surface area (Å²) in [5.41, 5.74) is 0.104. The van der Waals surface area contributed by atoms with Crippen molar-refractivity contribution in [2.75, 3.05) is 18.8 Å². The Hall–Kier alpha value is -0.0900. The van der Waals surface area contributed by atoms with Gasteiger partial charge in [0.2, 0.25) is 0 Å². The van der Waals surface area contributed by atoms with E-state index in [0.717, 1.165) is 25.9 Å². The fourth-order valence-corrected chi connectivity index (χ4v) is 4.86. The smallest absolute Gasteiger partial charge is 0.154 e. The van der Waals surface area contributed by atoms with E-state index >= 15 is 0 Å². The molecule has 0 aromatic heterocycles. The molecule has 2 unspecified atom stereocenters. The van der Waals surface area contributed by atoms with Crippen molar-refractivity contribution in [2.24, 2.45) is 5.92 Å². The van der Waals surface area contributed by atoms with Gasteiger partial charge in [-0.1, -0.05) is 0 Å². The largest absolute Gasteiger partial charge is 0.297 e. The Balaban J connectivity index is 2.19. The number of sulfone groups is 1. The van der Waals surface area contributed by atoms with Crippen molar-refractivity contribution < 1.29 is 8.42 Å². The normalized spacial score (nSPS) is 36.5.